The number of ether oxygens (including phenoxy) is 1. The topological polar surface area (TPSA) is 94.3 Å². The van der Waals surface area contributed by atoms with Crippen LogP contribution in [0.4, 0.5) is 23.2 Å². The summed E-state index contributed by atoms with van der Waals surface area (Å²) in [4.78, 5) is 26.6. The molecule has 2 aromatic rings. The van der Waals surface area contributed by atoms with Gasteiger partial charge in [0, 0.05) is 11.8 Å². The zero-order valence-corrected chi connectivity index (χ0v) is 12.4. The van der Waals surface area contributed by atoms with Gasteiger partial charge in [-0.2, -0.15) is 13.2 Å². The summed E-state index contributed by atoms with van der Waals surface area (Å²) in [5.74, 6) is -3.09. The molecule has 0 aliphatic rings. The van der Waals surface area contributed by atoms with E-state index in [1.807, 2.05) is 0 Å². The van der Waals surface area contributed by atoms with Gasteiger partial charge in [-0.15, -0.1) is 0 Å². The van der Waals surface area contributed by atoms with E-state index in [1.165, 1.54) is 18.2 Å². The van der Waals surface area contributed by atoms with Crippen molar-refractivity contribution >= 4 is 17.5 Å². The number of carbonyl (C=O) groups is 2. The first-order valence-electron chi connectivity index (χ1n) is 6.73. The zero-order chi connectivity index (χ0) is 18.6. The van der Waals surface area contributed by atoms with Crippen LogP contribution in [0.5, 0.6) is 5.88 Å². The number of carbonyl (C=O) groups excluding carboxylic acids is 2. The third-order valence-electron chi connectivity index (χ3n) is 2.83. The second-order valence-electron chi connectivity index (χ2n) is 4.78. The van der Waals surface area contributed by atoms with Crippen LogP contribution in [0.15, 0.2) is 36.4 Å². The van der Waals surface area contributed by atoms with Crippen LogP contribution in [0.3, 0.4) is 0 Å². The lowest BCUT2D eigenvalue weighted by molar-refractivity contribution is -0.154. The van der Waals surface area contributed by atoms with Crippen LogP contribution in [0.25, 0.3) is 0 Å². The molecule has 10 heteroatoms. The lowest BCUT2D eigenvalue weighted by Crippen LogP contribution is -2.20. The molecule has 0 unspecified atom stereocenters. The molecule has 0 atom stereocenters. The van der Waals surface area contributed by atoms with Crippen LogP contribution >= 0.6 is 0 Å². The van der Waals surface area contributed by atoms with Crippen LogP contribution in [0, 0.1) is 5.82 Å². The van der Waals surface area contributed by atoms with Gasteiger partial charge < -0.3 is 15.8 Å². The van der Waals surface area contributed by atoms with Crippen molar-refractivity contribution < 1.29 is 31.9 Å². The number of rotatable bonds is 5. The summed E-state index contributed by atoms with van der Waals surface area (Å²) in [6.07, 6.45) is -4.54. The highest BCUT2D eigenvalue weighted by Gasteiger charge is 2.28. The van der Waals surface area contributed by atoms with Crippen molar-refractivity contribution in [2.75, 3.05) is 11.9 Å². The van der Waals surface area contributed by atoms with E-state index in [0.29, 0.717) is 0 Å². The van der Waals surface area contributed by atoms with E-state index in [0.717, 1.165) is 18.2 Å². The number of nitrogens with one attached hydrogen (secondary N) is 1. The van der Waals surface area contributed by atoms with E-state index in [2.05, 4.69) is 15.0 Å². The summed E-state index contributed by atoms with van der Waals surface area (Å²) >= 11 is 0. The van der Waals surface area contributed by atoms with Gasteiger partial charge in [0.1, 0.15) is 11.5 Å². The quantitative estimate of drug-likeness (QED) is 0.804. The fourth-order valence-electron chi connectivity index (χ4n) is 1.77. The molecule has 1 heterocycles. The number of pyridine rings is 1. The van der Waals surface area contributed by atoms with Gasteiger partial charge in [0.15, 0.2) is 6.61 Å². The van der Waals surface area contributed by atoms with Crippen LogP contribution < -0.4 is 15.8 Å². The molecule has 0 radical (unpaired) electrons. The van der Waals surface area contributed by atoms with Crippen molar-refractivity contribution in [3.05, 3.63) is 53.5 Å². The molecule has 2 rings (SSSR count). The third kappa shape index (κ3) is 5.16. The fraction of sp³-hybridized carbons (Fsp3) is 0.133. The van der Waals surface area contributed by atoms with Crippen molar-refractivity contribution in [2.45, 2.75) is 6.18 Å². The fourth-order valence-corrected chi connectivity index (χ4v) is 1.77. The molecule has 0 bridgehead atoms. The van der Waals surface area contributed by atoms with Gasteiger partial charge in [0.2, 0.25) is 5.88 Å². The summed E-state index contributed by atoms with van der Waals surface area (Å²) in [7, 11) is 0. The molecular weight excluding hydrogens is 346 g/mol. The summed E-state index contributed by atoms with van der Waals surface area (Å²) < 4.78 is 54.4. The Morgan fingerprint density at radius 1 is 1.20 bits per heavy atom. The Labute approximate surface area is 138 Å². The molecule has 0 aliphatic heterocycles. The Bertz CT molecular complexity index is 809. The molecule has 132 valence electrons. The molecule has 1 aromatic carbocycles. The SMILES string of the molecule is NC(=O)c1ccc(NC(=O)c2cccc(OCC(F)(F)F)n2)cc1F. The van der Waals surface area contributed by atoms with Crippen LogP contribution in [0.1, 0.15) is 20.8 Å². The predicted octanol–water partition coefficient (Wildman–Crippen LogP) is 2.51. The molecule has 0 saturated carbocycles. The number of primary amides is 1. The van der Waals surface area contributed by atoms with E-state index in [9.17, 15) is 27.2 Å². The number of hydrogen-bond acceptors (Lipinski definition) is 4. The number of halogens is 4. The molecule has 0 spiro atoms. The molecule has 0 saturated heterocycles. The normalized spacial score (nSPS) is 11.0. The second-order valence-corrected chi connectivity index (χ2v) is 4.78. The first-order valence-corrected chi connectivity index (χ1v) is 6.73. The summed E-state index contributed by atoms with van der Waals surface area (Å²) in [5.41, 5.74) is 4.39. The smallest absolute Gasteiger partial charge is 0.422 e. The highest BCUT2D eigenvalue weighted by molar-refractivity contribution is 6.03. The third-order valence-corrected chi connectivity index (χ3v) is 2.83. The maximum atomic E-state index is 13.6. The van der Waals surface area contributed by atoms with Gasteiger partial charge in [-0.25, -0.2) is 9.37 Å². The number of nitrogens with two attached hydrogens (primary N) is 1. The summed E-state index contributed by atoms with van der Waals surface area (Å²) in [6, 6.07) is 6.88. The molecule has 1 aromatic heterocycles. The standard InChI is InChI=1S/C15H11F4N3O3/c16-10-6-8(4-5-9(10)13(20)23)21-14(24)11-2-1-3-12(22-11)25-7-15(17,18)19/h1-6H,7H2,(H2,20,23)(H,21,24). The van der Waals surface area contributed by atoms with Crippen molar-refractivity contribution in [1.29, 1.82) is 0 Å². The second kappa shape index (κ2) is 7.16. The zero-order valence-electron chi connectivity index (χ0n) is 12.4. The molecule has 25 heavy (non-hydrogen) atoms. The van der Waals surface area contributed by atoms with Gasteiger partial charge in [0.25, 0.3) is 11.8 Å². The minimum atomic E-state index is -4.54. The van der Waals surface area contributed by atoms with Gasteiger partial charge in [-0.1, -0.05) is 6.07 Å². The van der Waals surface area contributed by atoms with E-state index in [4.69, 9.17) is 5.73 Å². The molecule has 0 fully saturated rings. The monoisotopic (exact) mass is 357 g/mol. The number of benzene rings is 1. The van der Waals surface area contributed by atoms with E-state index in [-0.39, 0.29) is 22.8 Å². The summed E-state index contributed by atoms with van der Waals surface area (Å²) in [6.45, 7) is -1.55. The number of amides is 2. The largest absolute Gasteiger partial charge is 0.468 e. The first-order chi connectivity index (χ1) is 11.7. The van der Waals surface area contributed by atoms with Gasteiger partial charge in [-0.3, -0.25) is 9.59 Å². The Morgan fingerprint density at radius 3 is 2.52 bits per heavy atom. The molecule has 3 N–H and O–H groups in total. The Balaban J connectivity index is 2.10. The maximum absolute atomic E-state index is 13.6. The van der Waals surface area contributed by atoms with Gasteiger partial charge in [-0.05, 0) is 24.3 Å². The van der Waals surface area contributed by atoms with Crippen LogP contribution in [-0.4, -0.2) is 29.6 Å². The van der Waals surface area contributed by atoms with E-state index in [1.54, 1.807) is 0 Å². The number of nitrogens with zero attached hydrogens (tertiary/aromatic N) is 1. The van der Waals surface area contributed by atoms with E-state index < -0.39 is 30.4 Å². The van der Waals surface area contributed by atoms with Crippen LogP contribution in [-0.2, 0) is 0 Å². The maximum Gasteiger partial charge on any atom is 0.422 e. The Morgan fingerprint density at radius 2 is 1.92 bits per heavy atom. The average Bonchev–Trinajstić information content (AvgIpc) is 2.52. The first kappa shape index (κ1) is 18.2. The summed E-state index contributed by atoms with van der Waals surface area (Å²) in [5, 5.41) is 2.29. The highest BCUT2D eigenvalue weighted by atomic mass is 19.4. The molecule has 2 amide bonds. The van der Waals surface area contributed by atoms with Crippen molar-refractivity contribution in [3.8, 4) is 5.88 Å². The van der Waals surface area contributed by atoms with Crippen LogP contribution in [0.2, 0.25) is 0 Å². The minimum Gasteiger partial charge on any atom is -0.468 e. The lowest BCUT2D eigenvalue weighted by atomic mass is 10.2. The molecule has 0 aliphatic carbocycles. The van der Waals surface area contributed by atoms with Crippen molar-refractivity contribution in [1.82, 2.24) is 4.98 Å². The number of hydrogen-bond donors (Lipinski definition) is 2. The molecule has 6 nitrogen and oxygen atoms in total. The van der Waals surface area contributed by atoms with Crippen molar-refractivity contribution in [3.63, 3.8) is 0 Å². The molecular formula is C15H11F4N3O3. The Hall–Kier alpha value is -3.17. The minimum absolute atomic E-state index is 0.0101. The lowest BCUT2D eigenvalue weighted by Gasteiger charge is -2.10. The number of anilines is 1. The van der Waals surface area contributed by atoms with Crippen molar-refractivity contribution in [2.24, 2.45) is 5.73 Å². The van der Waals surface area contributed by atoms with E-state index >= 15 is 0 Å². The van der Waals surface area contributed by atoms with Gasteiger partial charge in [0.05, 0.1) is 5.56 Å². The van der Waals surface area contributed by atoms with Gasteiger partial charge >= 0.3 is 6.18 Å². The number of aromatic nitrogens is 1. The Kier molecular flexibility index (Phi) is 5.20. The predicted molar refractivity (Wildman–Crippen MR) is 78.7 cm³/mol. The average molecular weight is 357 g/mol. The highest BCUT2D eigenvalue weighted by Crippen LogP contribution is 2.18. The number of alkyl halides is 3.